The van der Waals surface area contributed by atoms with E-state index in [4.69, 9.17) is 40.1 Å². The Labute approximate surface area is 699 Å². The van der Waals surface area contributed by atoms with Gasteiger partial charge in [-0.2, -0.15) is 11.8 Å². The molecule has 30 N–H and O–H groups in total. The first-order valence-electron chi connectivity index (χ1n) is 40.2. The van der Waals surface area contributed by atoms with Gasteiger partial charge < -0.3 is 124 Å². The molecule has 0 radical (unpaired) electrons. The third-order valence-electron chi connectivity index (χ3n) is 18.8. The Morgan fingerprint density at radius 2 is 0.874 bits per heavy atom. The van der Waals surface area contributed by atoms with Crippen LogP contribution in [0, 0.1) is 29.6 Å². The minimum atomic E-state index is -1.83. The van der Waals surface area contributed by atoms with Crippen LogP contribution in [0.15, 0.2) is 52.8 Å². The van der Waals surface area contributed by atoms with Gasteiger partial charge in [-0.15, -0.1) is 0 Å². The van der Waals surface area contributed by atoms with E-state index in [9.17, 15) is 82.1 Å². The molecule has 15 atom stereocenters. The van der Waals surface area contributed by atoms with Crippen molar-refractivity contribution in [2.45, 2.75) is 257 Å². The zero-order valence-electron chi connectivity index (χ0n) is 70.5. The number of hydrogen-bond donors (Lipinski definition) is 23. The van der Waals surface area contributed by atoms with Crippen LogP contribution in [0.2, 0.25) is 0 Å². The number of primary amides is 1. The van der Waals surface area contributed by atoms with Crippen molar-refractivity contribution in [3.05, 3.63) is 54.1 Å². The predicted octanol–water partition coefficient (Wildman–Crippen LogP) is -4.37. The van der Waals surface area contributed by atoms with Gasteiger partial charge in [0.05, 0.1) is 24.9 Å². The summed E-state index contributed by atoms with van der Waals surface area (Å²) >= 11 is 1.38. The highest BCUT2D eigenvalue weighted by Crippen LogP contribution is 2.17. The minimum absolute atomic E-state index is 0.00396. The lowest BCUT2D eigenvalue weighted by Gasteiger charge is -2.31. The Kier molecular flexibility index (Phi) is 48.3. The Morgan fingerprint density at radius 3 is 1.34 bits per heavy atom. The van der Waals surface area contributed by atoms with Crippen molar-refractivity contribution >= 4 is 112 Å². The van der Waals surface area contributed by atoms with Gasteiger partial charge in [-0.25, -0.2) is 4.98 Å². The summed E-state index contributed by atoms with van der Waals surface area (Å²) in [6, 6.07) is -10.1. The highest BCUT2D eigenvalue weighted by molar-refractivity contribution is 7.98. The fourth-order valence-corrected chi connectivity index (χ4v) is 12.7. The number of rotatable bonds is 58. The van der Waals surface area contributed by atoms with E-state index in [1.807, 2.05) is 13.8 Å². The molecule has 0 saturated carbocycles. The van der Waals surface area contributed by atoms with Crippen molar-refractivity contribution in [3.8, 4) is 0 Å². The number of unbranched alkanes of at least 4 members (excludes halogenated alkanes) is 1. The number of aromatic amines is 1. The molecule has 1 aromatic heterocycles. The second-order valence-corrected chi connectivity index (χ2v) is 32.1. The number of aliphatic carboxylic acids is 1. The van der Waals surface area contributed by atoms with Gasteiger partial charge in [0.2, 0.25) is 82.7 Å². The lowest BCUT2D eigenvalue weighted by Crippen LogP contribution is -2.63. The highest BCUT2D eigenvalue weighted by Gasteiger charge is 2.40. The number of hydrogen-bond acceptors (Lipinski definition) is 22. The number of guanidine groups is 2. The molecule has 119 heavy (non-hydrogen) atoms. The third kappa shape index (κ3) is 41.0. The van der Waals surface area contributed by atoms with Crippen molar-refractivity contribution in [2.75, 3.05) is 38.2 Å². The largest absolute Gasteiger partial charge is 0.480 e. The molecule has 0 spiro atoms. The number of aliphatic hydroxyl groups excluding tert-OH is 1. The first kappa shape index (κ1) is 104. The second kappa shape index (κ2) is 55.1. The highest BCUT2D eigenvalue weighted by atomic mass is 32.2. The lowest BCUT2D eigenvalue weighted by molar-refractivity contribution is -0.138. The van der Waals surface area contributed by atoms with Gasteiger partial charge in [0, 0.05) is 37.8 Å². The Balaban J connectivity index is 2.58. The van der Waals surface area contributed by atoms with Crippen LogP contribution in [-0.4, -0.2) is 244 Å². The topological polar surface area (TPSA) is 688 Å². The van der Waals surface area contributed by atoms with Gasteiger partial charge in [0.25, 0.3) is 0 Å². The normalized spacial score (nSPS) is 15.1. The van der Waals surface area contributed by atoms with Gasteiger partial charge in [0.15, 0.2) is 11.9 Å². The Bertz CT molecular complexity index is 3660. The number of carbonyl (C=O) groups is 15. The van der Waals surface area contributed by atoms with Gasteiger partial charge in [0.1, 0.15) is 79.0 Å². The molecular formula is C77H132N24O17S. The summed E-state index contributed by atoms with van der Waals surface area (Å²) in [6.45, 7) is 17.9. The Morgan fingerprint density at radius 1 is 0.471 bits per heavy atom. The first-order chi connectivity index (χ1) is 56.0. The van der Waals surface area contributed by atoms with Crippen LogP contribution in [0.5, 0.6) is 0 Å². The number of amides is 14. The molecule has 0 fully saturated rings. The molecule has 0 saturated heterocycles. The monoisotopic (exact) mass is 1700 g/mol. The SMILES string of the molecule is CC[C@H](C)[C@H](NC(=O)[C@H](CC(N)=O)NC(=O)[C@@H](NC(=O)[C@H](Cc1cnc[nH]1)NC(=O)[C@H](CCCN=C(N)N)NC(=O)[C@@H](NC(=O)[C@H](CCCCN)NC(=O)[C@H](CCCN=C(N)N)NC(=O)[C@@H](N)CC(C)C)[C@@H](C)O)C(C)C)C(=O)N[C@@H](CC(C)C)C(=O)N[C@@H](CC(C)C)C(=O)N[C@@H](Cc1ccccc1)C(=O)N[C@@H](CCSC)C(=O)NCC(=O)O. The van der Waals surface area contributed by atoms with E-state index >= 15 is 0 Å². The molecule has 0 unspecified atom stereocenters. The maximum absolute atomic E-state index is 14.8. The molecule has 42 heteroatoms. The molecule has 2 rings (SSSR count). The van der Waals surface area contributed by atoms with E-state index in [0.717, 1.165) is 0 Å². The quantitative estimate of drug-likeness (QED) is 0.0169. The van der Waals surface area contributed by atoms with Crippen LogP contribution in [0.3, 0.4) is 0 Å². The number of nitrogens with zero attached hydrogens (tertiary/aromatic N) is 3. The number of nitrogens with one attached hydrogen (secondary N) is 14. The van der Waals surface area contributed by atoms with Crippen molar-refractivity contribution < 1.29 is 82.1 Å². The third-order valence-corrected chi connectivity index (χ3v) is 19.4. The standard InChI is InChI=1S/C77H132N24O17S/c1-13-44(10)61(74(117)97-54(33-42(6)7)69(112)94-53(32-41(4)5)68(111)95-55(34-46-21-15-14-16-22-46)70(113)92-52(26-30-119-12)64(107)88-38-59(104)105)100-72(115)57(36-58(80)103)98-73(116)60(43(8)9)99-71(114)56(35-47-37-85-39-89-47)96-66(109)51(25-20-29-87-77(83)84)93-75(118)62(45(11)102)101-67(110)49(23-17-18-27-78)91-65(108)50(24-19-28-86-76(81)82)90-63(106)48(79)31-40(2)3/h14-16,21-22,37,39-45,48-57,60-62,102H,13,17-20,23-36,38,78-79H2,1-12H3,(H2,80,103)(H,85,89)(H,88,107)(H,90,106)(H,91,108)(H,92,113)(H,93,118)(H,94,112)(H,95,111)(H,96,109)(H,97,117)(H,98,116)(H,99,114)(H,100,115)(H,101,110)(H,104,105)(H4,81,82,86)(H4,83,84,87)/t44-,45+,48-,49-,50-,51-,52-,53-,54-,55-,56-,57-,60-,61-,62-/m0/s1. The van der Waals surface area contributed by atoms with Crippen molar-refractivity contribution in [1.29, 1.82) is 0 Å². The Hall–Kier alpha value is -10.8. The summed E-state index contributed by atoms with van der Waals surface area (Å²) in [5.41, 5.74) is 40.7. The molecule has 1 heterocycles. The molecule has 41 nitrogen and oxygen atoms in total. The van der Waals surface area contributed by atoms with E-state index in [-0.39, 0.29) is 138 Å². The molecular weight excluding hydrogens is 1570 g/mol. The fourth-order valence-electron chi connectivity index (χ4n) is 12.2. The summed E-state index contributed by atoms with van der Waals surface area (Å²) in [6.07, 6.45) is 2.71. The number of aliphatic hydroxyl groups is 1. The van der Waals surface area contributed by atoms with Gasteiger partial charge in [-0.3, -0.25) is 81.9 Å². The van der Waals surface area contributed by atoms with Crippen LogP contribution < -0.4 is 109 Å². The summed E-state index contributed by atoms with van der Waals surface area (Å²) in [4.78, 5) is 225. The summed E-state index contributed by atoms with van der Waals surface area (Å²) < 4.78 is 0. The van der Waals surface area contributed by atoms with Crippen LogP contribution in [0.25, 0.3) is 0 Å². The molecule has 2 aromatic rings. The van der Waals surface area contributed by atoms with E-state index in [0.29, 0.717) is 17.7 Å². The van der Waals surface area contributed by atoms with Gasteiger partial charge in [-0.05, 0) is 131 Å². The minimum Gasteiger partial charge on any atom is -0.480 e. The van der Waals surface area contributed by atoms with Crippen LogP contribution >= 0.6 is 11.8 Å². The zero-order chi connectivity index (χ0) is 89.8. The number of carbonyl (C=O) groups excluding carboxylic acids is 14. The average Bonchev–Trinajstić information content (AvgIpc) is 1.85. The molecule has 0 aliphatic rings. The first-order valence-corrected chi connectivity index (χ1v) is 41.6. The fraction of sp³-hybridized carbons (Fsp3) is 0.662. The number of aromatic nitrogens is 2. The summed E-state index contributed by atoms with van der Waals surface area (Å²) in [5, 5.41) is 54.2. The molecule has 1 aromatic carbocycles. The second-order valence-electron chi connectivity index (χ2n) is 31.1. The molecule has 0 bridgehead atoms. The average molecular weight is 1700 g/mol. The van der Waals surface area contributed by atoms with Crippen molar-refractivity contribution in [1.82, 2.24) is 79.1 Å². The lowest BCUT2D eigenvalue weighted by atomic mass is 9.95. The van der Waals surface area contributed by atoms with E-state index < -0.39 is 198 Å². The van der Waals surface area contributed by atoms with Crippen molar-refractivity contribution in [3.63, 3.8) is 0 Å². The molecule has 0 aliphatic carbocycles. The molecule has 668 valence electrons. The summed E-state index contributed by atoms with van der Waals surface area (Å²) in [5.74, 6) is -16.3. The maximum Gasteiger partial charge on any atom is 0.322 e. The summed E-state index contributed by atoms with van der Waals surface area (Å²) in [7, 11) is 0. The van der Waals surface area contributed by atoms with E-state index in [1.54, 1.807) is 78.1 Å². The number of H-pyrrole nitrogens is 1. The number of benzene rings is 1. The number of thioether (sulfide) groups is 1. The smallest absolute Gasteiger partial charge is 0.322 e. The zero-order valence-corrected chi connectivity index (χ0v) is 71.3. The molecule has 0 aliphatic heterocycles. The number of carboxylic acids is 1. The maximum atomic E-state index is 14.8. The van der Waals surface area contributed by atoms with E-state index in [1.165, 1.54) is 45.1 Å². The number of nitrogens with two attached hydrogens (primary N) is 7. The van der Waals surface area contributed by atoms with Crippen LogP contribution in [-0.2, 0) is 84.8 Å². The van der Waals surface area contributed by atoms with Gasteiger partial charge in [-0.1, -0.05) is 106 Å². The number of carboxylic acid groups (broad SMARTS) is 1. The van der Waals surface area contributed by atoms with Crippen LogP contribution in [0.4, 0.5) is 0 Å². The number of aliphatic imine (C=N–C) groups is 2. The molecule has 14 amide bonds. The predicted molar refractivity (Wildman–Crippen MR) is 448 cm³/mol. The van der Waals surface area contributed by atoms with E-state index in [2.05, 4.69) is 89.1 Å². The van der Waals surface area contributed by atoms with Crippen molar-refractivity contribution in [2.24, 2.45) is 79.7 Å². The van der Waals surface area contributed by atoms with Gasteiger partial charge >= 0.3 is 5.97 Å². The van der Waals surface area contributed by atoms with Crippen LogP contribution in [0.1, 0.15) is 171 Å². The number of imidazole rings is 1.